The molecule has 1 atom stereocenters. The lowest BCUT2D eigenvalue weighted by Crippen LogP contribution is -2.42. The van der Waals surface area contributed by atoms with Crippen molar-refractivity contribution < 1.29 is 9.53 Å². The molecule has 0 saturated carbocycles. The fraction of sp³-hybridized carbons (Fsp3) is 0.500. The van der Waals surface area contributed by atoms with Gasteiger partial charge in [-0.25, -0.2) is 4.79 Å². The van der Waals surface area contributed by atoms with E-state index in [0.717, 1.165) is 11.3 Å². The van der Waals surface area contributed by atoms with Crippen LogP contribution in [-0.2, 0) is 11.2 Å². The third-order valence-electron chi connectivity index (χ3n) is 2.87. The number of hydrogen-bond donors (Lipinski definition) is 0. The first-order chi connectivity index (χ1) is 8.92. The number of carbonyl (C=O) groups excluding carboxylic acids is 1. The van der Waals surface area contributed by atoms with E-state index in [1.807, 2.05) is 26.8 Å². The highest BCUT2D eigenvalue weighted by atomic mass is 16.6. The summed E-state index contributed by atoms with van der Waals surface area (Å²) < 4.78 is 5.34. The molecule has 1 aromatic heterocycles. The summed E-state index contributed by atoms with van der Waals surface area (Å²) in [7, 11) is 0. The highest BCUT2D eigenvalue weighted by molar-refractivity contribution is 5.70. The van der Waals surface area contributed by atoms with Gasteiger partial charge in [0.25, 0.3) is 0 Å². The number of amides is 1. The van der Waals surface area contributed by atoms with E-state index in [1.165, 1.54) is 4.90 Å². The number of nitrogens with zero attached hydrogens (tertiary/aromatic N) is 3. The van der Waals surface area contributed by atoms with Crippen molar-refractivity contribution in [2.24, 2.45) is 0 Å². The molecule has 5 heteroatoms. The Bertz CT molecular complexity index is 528. The van der Waals surface area contributed by atoms with Gasteiger partial charge >= 0.3 is 6.09 Å². The Morgan fingerprint density at radius 2 is 2.32 bits per heavy atom. The average molecular weight is 259 g/mol. The zero-order chi connectivity index (χ0) is 14.0. The number of rotatable bonds is 0. The van der Waals surface area contributed by atoms with Crippen molar-refractivity contribution in [2.75, 3.05) is 6.54 Å². The van der Waals surface area contributed by atoms with E-state index in [0.29, 0.717) is 13.0 Å². The molecular formula is C14H17N3O2. The molecular weight excluding hydrogens is 242 g/mol. The van der Waals surface area contributed by atoms with Crippen molar-refractivity contribution >= 4 is 6.09 Å². The average Bonchev–Trinajstić information content (AvgIpc) is 2.35. The van der Waals surface area contributed by atoms with Crippen LogP contribution in [0.3, 0.4) is 0 Å². The van der Waals surface area contributed by atoms with Crippen LogP contribution in [0.4, 0.5) is 4.79 Å². The minimum atomic E-state index is -0.618. The molecule has 1 aliphatic heterocycles. The Labute approximate surface area is 112 Å². The van der Waals surface area contributed by atoms with Gasteiger partial charge in [0.1, 0.15) is 11.6 Å². The van der Waals surface area contributed by atoms with Crippen molar-refractivity contribution in [1.82, 2.24) is 9.88 Å². The van der Waals surface area contributed by atoms with Gasteiger partial charge in [0, 0.05) is 30.4 Å². The number of ether oxygens (including phenoxy) is 1. The summed E-state index contributed by atoms with van der Waals surface area (Å²) in [6.07, 6.45) is 1.90. The fourth-order valence-electron chi connectivity index (χ4n) is 2.09. The van der Waals surface area contributed by atoms with Gasteiger partial charge in [-0.1, -0.05) is 6.07 Å². The largest absolute Gasteiger partial charge is 0.444 e. The van der Waals surface area contributed by atoms with Gasteiger partial charge in [0.2, 0.25) is 0 Å². The lowest BCUT2D eigenvalue weighted by atomic mass is 9.98. The highest BCUT2D eigenvalue weighted by Crippen LogP contribution is 2.29. The van der Waals surface area contributed by atoms with E-state index in [9.17, 15) is 10.1 Å². The lowest BCUT2D eigenvalue weighted by molar-refractivity contribution is 0.0189. The molecule has 100 valence electrons. The second-order valence-corrected chi connectivity index (χ2v) is 5.49. The van der Waals surface area contributed by atoms with E-state index in [1.54, 1.807) is 12.3 Å². The van der Waals surface area contributed by atoms with Crippen LogP contribution in [-0.4, -0.2) is 28.1 Å². The van der Waals surface area contributed by atoms with E-state index in [2.05, 4.69) is 11.1 Å². The van der Waals surface area contributed by atoms with E-state index in [4.69, 9.17) is 4.74 Å². The minimum Gasteiger partial charge on any atom is -0.444 e. The molecule has 19 heavy (non-hydrogen) atoms. The van der Waals surface area contributed by atoms with Crippen molar-refractivity contribution in [3.8, 4) is 6.07 Å². The smallest absolute Gasteiger partial charge is 0.411 e. The van der Waals surface area contributed by atoms with Gasteiger partial charge in [-0.2, -0.15) is 5.26 Å². The molecule has 1 amide bonds. The first-order valence-corrected chi connectivity index (χ1v) is 6.25. The maximum atomic E-state index is 12.1. The minimum absolute atomic E-state index is 0.450. The first-order valence-electron chi connectivity index (χ1n) is 6.25. The summed E-state index contributed by atoms with van der Waals surface area (Å²) in [6, 6.07) is 5.16. The van der Waals surface area contributed by atoms with Crippen molar-refractivity contribution in [3.05, 3.63) is 29.6 Å². The normalized spacial score (nSPS) is 18.4. The van der Waals surface area contributed by atoms with Gasteiger partial charge in [-0.05, 0) is 26.8 Å². The first kappa shape index (κ1) is 13.3. The van der Waals surface area contributed by atoms with Gasteiger partial charge in [-0.15, -0.1) is 0 Å². The Kier molecular flexibility index (Phi) is 3.43. The summed E-state index contributed by atoms with van der Waals surface area (Å²) in [6.45, 7) is 5.89. The molecule has 2 rings (SSSR count). The van der Waals surface area contributed by atoms with E-state index in [-0.39, 0.29) is 0 Å². The topological polar surface area (TPSA) is 66.2 Å². The number of hydrogen-bond acceptors (Lipinski definition) is 4. The summed E-state index contributed by atoms with van der Waals surface area (Å²) in [5.74, 6) is 0. The molecule has 5 nitrogen and oxygen atoms in total. The molecule has 2 heterocycles. The van der Waals surface area contributed by atoms with Crippen LogP contribution in [0, 0.1) is 11.3 Å². The van der Waals surface area contributed by atoms with Crippen LogP contribution < -0.4 is 0 Å². The molecule has 0 spiro atoms. The second kappa shape index (κ2) is 4.88. The van der Waals surface area contributed by atoms with Crippen LogP contribution in [0.2, 0.25) is 0 Å². The molecule has 0 saturated heterocycles. The van der Waals surface area contributed by atoms with Gasteiger partial charge in [-0.3, -0.25) is 9.88 Å². The SMILES string of the molecule is CC(C)(C)OC(=O)N1CCc2ncccc2C1C#N. The van der Waals surface area contributed by atoms with Crippen LogP contribution >= 0.6 is 0 Å². The van der Waals surface area contributed by atoms with Crippen molar-refractivity contribution in [2.45, 2.75) is 38.8 Å². The van der Waals surface area contributed by atoms with Crippen LogP contribution in [0.5, 0.6) is 0 Å². The molecule has 0 fully saturated rings. The third kappa shape index (κ3) is 2.84. The quantitative estimate of drug-likeness (QED) is 0.717. The predicted octanol–water partition coefficient (Wildman–Crippen LogP) is 2.44. The van der Waals surface area contributed by atoms with Gasteiger partial charge in [0.15, 0.2) is 0 Å². The maximum Gasteiger partial charge on any atom is 0.411 e. The number of pyridine rings is 1. The lowest BCUT2D eigenvalue weighted by Gasteiger charge is -2.34. The standard InChI is InChI=1S/C14H17N3O2/c1-14(2,3)19-13(18)17-8-6-11-10(12(17)9-15)5-4-7-16-11/h4-5,7,12H,6,8H2,1-3H3. The second-order valence-electron chi connectivity index (χ2n) is 5.49. The Morgan fingerprint density at radius 1 is 1.58 bits per heavy atom. The van der Waals surface area contributed by atoms with Crippen LogP contribution in [0.25, 0.3) is 0 Å². The Hall–Kier alpha value is -2.09. The molecule has 0 bridgehead atoms. The predicted molar refractivity (Wildman–Crippen MR) is 69.2 cm³/mol. The van der Waals surface area contributed by atoms with E-state index < -0.39 is 17.7 Å². The molecule has 0 N–H and O–H groups in total. The zero-order valence-corrected chi connectivity index (χ0v) is 11.4. The summed E-state index contributed by atoms with van der Waals surface area (Å²) in [4.78, 5) is 17.8. The molecule has 0 radical (unpaired) electrons. The van der Waals surface area contributed by atoms with Crippen LogP contribution in [0.1, 0.15) is 38.1 Å². The van der Waals surface area contributed by atoms with Gasteiger partial charge < -0.3 is 4.74 Å². The van der Waals surface area contributed by atoms with E-state index >= 15 is 0 Å². The Balaban J connectivity index is 2.26. The molecule has 1 aliphatic rings. The van der Waals surface area contributed by atoms with Crippen molar-refractivity contribution in [1.29, 1.82) is 5.26 Å². The Morgan fingerprint density at radius 3 is 2.95 bits per heavy atom. The maximum absolute atomic E-state index is 12.1. The fourth-order valence-corrected chi connectivity index (χ4v) is 2.09. The summed E-state index contributed by atoms with van der Waals surface area (Å²) >= 11 is 0. The van der Waals surface area contributed by atoms with Gasteiger partial charge in [0.05, 0.1) is 6.07 Å². The monoisotopic (exact) mass is 259 g/mol. The summed E-state index contributed by atoms with van der Waals surface area (Å²) in [5, 5.41) is 9.33. The number of aromatic nitrogens is 1. The molecule has 0 aromatic carbocycles. The molecule has 1 aromatic rings. The summed E-state index contributed by atoms with van der Waals surface area (Å²) in [5.41, 5.74) is 1.11. The molecule has 0 aliphatic carbocycles. The number of carbonyl (C=O) groups is 1. The third-order valence-corrected chi connectivity index (χ3v) is 2.87. The zero-order valence-electron chi connectivity index (χ0n) is 11.4. The number of nitriles is 1. The highest BCUT2D eigenvalue weighted by Gasteiger charge is 2.34. The number of fused-ring (bicyclic) bond motifs is 1. The molecule has 1 unspecified atom stereocenters. The van der Waals surface area contributed by atoms with Crippen LogP contribution in [0.15, 0.2) is 18.3 Å². The van der Waals surface area contributed by atoms with Crippen molar-refractivity contribution in [3.63, 3.8) is 0 Å².